The zero-order valence-electron chi connectivity index (χ0n) is 35.8. The summed E-state index contributed by atoms with van der Waals surface area (Å²) in [4.78, 5) is 54.1. The van der Waals surface area contributed by atoms with Crippen LogP contribution in [0.2, 0.25) is 0 Å². The Morgan fingerprint density at radius 2 is 1.40 bits per heavy atom. The van der Waals surface area contributed by atoms with Crippen molar-refractivity contribution >= 4 is 44.8 Å². The maximum absolute atomic E-state index is 13.5. The molecule has 7 heterocycles. The summed E-state index contributed by atoms with van der Waals surface area (Å²) in [6, 6.07) is 13.5. The van der Waals surface area contributed by atoms with Gasteiger partial charge in [0.05, 0.1) is 61.8 Å². The first kappa shape index (κ1) is 40.0. The van der Waals surface area contributed by atoms with Gasteiger partial charge in [0.2, 0.25) is 11.8 Å². The summed E-state index contributed by atoms with van der Waals surface area (Å²) in [5.74, 6) is 0.327. The SMILES string of the molecule is Cc1ccc(-c2nn(C3CCN(C4CC4)CC3)c3c2CCCc2nc(NC(=O)CCC(=O)Nc4nc5c(s4)-c4c(c(-c6cnc(C)[nH]6)nn4-c4ccccc4C)CCC5)sc2-3)cn1. The van der Waals surface area contributed by atoms with Gasteiger partial charge < -0.3 is 20.5 Å². The molecule has 0 bridgehead atoms. The Balaban J connectivity index is 0.810. The number of para-hydroxylation sites is 1. The molecule has 0 spiro atoms. The van der Waals surface area contributed by atoms with E-state index in [9.17, 15) is 9.59 Å². The van der Waals surface area contributed by atoms with Crippen LogP contribution in [0.4, 0.5) is 10.3 Å². The highest BCUT2D eigenvalue weighted by molar-refractivity contribution is 7.19. The fourth-order valence-corrected chi connectivity index (χ4v) is 11.8. The lowest BCUT2D eigenvalue weighted by atomic mass is 10.0. The molecule has 6 aromatic heterocycles. The third-order valence-corrected chi connectivity index (χ3v) is 15.0. The minimum absolute atomic E-state index is 0.0152. The van der Waals surface area contributed by atoms with Crippen LogP contribution in [-0.2, 0) is 35.3 Å². The second-order valence-corrected chi connectivity index (χ2v) is 19.5. The smallest absolute Gasteiger partial charge is 0.226 e. The number of benzene rings is 1. The number of nitrogens with one attached hydrogen (secondary N) is 3. The number of nitrogens with zero attached hydrogens (tertiary/aromatic N) is 9. The molecule has 1 saturated carbocycles. The molecule has 11 rings (SSSR count). The Morgan fingerprint density at radius 1 is 0.730 bits per heavy atom. The van der Waals surface area contributed by atoms with Crippen molar-refractivity contribution in [3.8, 4) is 49.5 Å². The van der Waals surface area contributed by atoms with Crippen molar-refractivity contribution in [2.75, 3.05) is 23.7 Å². The maximum atomic E-state index is 13.5. The monoisotopic (exact) mass is 878 g/mol. The van der Waals surface area contributed by atoms with Crippen LogP contribution in [0.25, 0.3) is 49.5 Å². The number of H-pyrrole nitrogens is 1. The van der Waals surface area contributed by atoms with E-state index in [1.165, 1.54) is 41.1 Å². The van der Waals surface area contributed by atoms with Crippen molar-refractivity contribution < 1.29 is 9.59 Å². The van der Waals surface area contributed by atoms with Crippen molar-refractivity contribution in [3.05, 3.63) is 88.4 Å². The molecule has 2 amide bonds. The summed E-state index contributed by atoms with van der Waals surface area (Å²) in [5, 5.41) is 17.7. The molecular formula is C47H50N12O2S2. The molecule has 1 saturated heterocycles. The highest BCUT2D eigenvalue weighted by atomic mass is 32.1. The number of carbonyl (C=O) groups excluding carboxylic acids is 2. The number of likely N-dealkylation sites (tertiary alicyclic amines) is 1. The Hall–Kier alpha value is -5.84. The summed E-state index contributed by atoms with van der Waals surface area (Å²) in [7, 11) is 0. The van der Waals surface area contributed by atoms with Gasteiger partial charge in [0, 0.05) is 60.6 Å². The number of hydrogen-bond acceptors (Lipinski definition) is 11. The zero-order chi connectivity index (χ0) is 42.8. The van der Waals surface area contributed by atoms with Crippen LogP contribution in [0.3, 0.4) is 0 Å². The van der Waals surface area contributed by atoms with Gasteiger partial charge in [-0.25, -0.2) is 19.6 Å². The zero-order valence-corrected chi connectivity index (χ0v) is 37.5. The Bertz CT molecular complexity index is 2870. The third kappa shape index (κ3) is 7.71. The van der Waals surface area contributed by atoms with E-state index < -0.39 is 0 Å². The second-order valence-electron chi connectivity index (χ2n) is 17.5. The normalized spacial score (nSPS) is 16.4. The maximum Gasteiger partial charge on any atom is 0.226 e. The molecule has 14 nitrogen and oxygen atoms in total. The molecule has 3 aliphatic carbocycles. The van der Waals surface area contributed by atoms with E-state index in [-0.39, 0.29) is 24.7 Å². The van der Waals surface area contributed by atoms with Gasteiger partial charge in [0.15, 0.2) is 10.3 Å². The average molecular weight is 879 g/mol. The van der Waals surface area contributed by atoms with Gasteiger partial charge in [-0.15, -0.1) is 0 Å². The summed E-state index contributed by atoms with van der Waals surface area (Å²) in [6.45, 7) is 8.22. The first-order valence-corrected chi connectivity index (χ1v) is 24.0. The van der Waals surface area contributed by atoms with Gasteiger partial charge in [-0.2, -0.15) is 10.2 Å². The second kappa shape index (κ2) is 16.4. The van der Waals surface area contributed by atoms with E-state index in [1.54, 1.807) is 0 Å². The van der Waals surface area contributed by atoms with Gasteiger partial charge in [-0.1, -0.05) is 40.9 Å². The van der Waals surface area contributed by atoms with E-state index in [0.29, 0.717) is 16.3 Å². The minimum Gasteiger partial charge on any atom is -0.341 e. The van der Waals surface area contributed by atoms with Crippen LogP contribution in [0.5, 0.6) is 0 Å². The molecule has 1 aromatic carbocycles. The van der Waals surface area contributed by atoms with Gasteiger partial charge in [-0.3, -0.25) is 19.3 Å². The summed E-state index contributed by atoms with van der Waals surface area (Å²) in [5.41, 5.74) is 13.3. The Morgan fingerprint density at radius 3 is 2.02 bits per heavy atom. The van der Waals surface area contributed by atoms with Crippen LogP contribution in [-0.4, -0.2) is 80.3 Å². The fraction of sp³-hybridized carbons (Fsp3) is 0.404. The third-order valence-electron chi connectivity index (χ3n) is 13.0. The highest BCUT2D eigenvalue weighted by Gasteiger charge is 2.36. The molecule has 16 heteroatoms. The molecule has 2 fully saturated rings. The lowest BCUT2D eigenvalue weighted by Crippen LogP contribution is -2.36. The van der Waals surface area contributed by atoms with Crippen molar-refractivity contribution in [1.29, 1.82) is 0 Å². The first-order chi connectivity index (χ1) is 30.7. The van der Waals surface area contributed by atoms with Crippen molar-refractivity contribution in [3.63, 3.8) is 0 Å². The standard InChI is InChI=1S/C47H50N12O2S2/c1-26-8-4-5-13-37(26)59-43-33(41(56-59)36-25-49-28(3)50-36)10-7-12-35-45(43)63-47(52-35)54-39(61)19-18-38(60)53-46-51-34-11-6-9-32-40(29-15-14-27(2)48-24-29)55-58(42(32)44(34)62-46)31-20-22-57(23-21-31)30-16-17-30/h4-5,8,13-15,24-25,30-31H,6-7,9-12,16-23H2,1-3H3,(H,49,50)(H,51,53,60)(H,52,54,61). The van der Waals surface area contributed by atoms with Crippen molar-refractivity contribution in [2.24, 2.45) is 0 Å². The van der Waals surface area contributed by atoms with Crippen LogP contribution in [0.1, 0.15) is 97.0 Å². The number of rotatable bonds is 10. The van der Waals surface area contributed by atoms with E-state index in [4.69, 9.17) is 20.2 Å². The van der Waals surface area contributed by atoms with E-state index in [1.807, 2.05) is 43.1 Å². The van der Waals surface area contributed by atoms with Gasteiger partial charge in [0.25, 0.3) is 0 Å². The molecule has 7 aromatic rings. The van der Waals surface area contributed by atoms with Crippen LogP contribution in [0.15, 0.2) is 48.8 Å². The van der Waals surface area contributed by atoms with Gasteiger partial charge in [-0.05, 0) is 109 Å². The largest absolute Gasteiger partial charge is 0.341 e. The lowest BCUT2D eigenvalue weighted by molar-refractivity contribution is -0.121. The summed E-state index contributed by atoms with van der Waals surface area (Å²) < 4.78 is 4.32. The number of fused-ring (bicyclic) bond motifs is 6. The first-order valence-electron chi connectivity index (χ1n) is 22.3. The number of thiazole rings is 2. The highest BCUT2D eigenvalue weighted by Crippen LogP contribution is 2.46. The van der Waals surface area contributed by atoms with Crippen molar-refractivity contribution in [2.45, 2.75) is 110 Å². The number of imidazole rings is 1. The molecule has 0 unspecified atom stereocenters. The summed E-state index contributed by atoms with van der Waals surface area (Å²) in [6.07, 6.45) is 13.8. The molecule has 0 radical (unpaired) electrons. The molecule has 0 atom stereocenters. The van der Waals surface area contributed by atoms with Crippen LogP contribution in [0, 0.1) is 20.8 Å². The molecule has 3 N–H and O–H groups in total. The predicted octanol–water partition coefficient (Wildman–Crippen LogP) is 8.83. The van der Waals surface area contributed by atoms with Gasteiger partial charge >= 0.3 is 0 Å². The number of aromatic nitrogens is 9. The number of hydrogen-bond donors (Lipinski definition) is 3. The molecule has 322 valence electrons. The number of amides is 2. The Labute approximate surface area is 373 Å². The fourth-order valence-electron chi connectivity index (χ4n) is 9.61. The van der Waals surface area contributed by atoms with Crippen LogP contribution < -0.4 is 10.6 Å². The minimum atomic E-state index is -0.260. The molecule has 63 heavy (non-hydrogen) atoms. The average Bonchev–Trinajstić information content (AvgIpc) is 3.47. The molecular weight excluding hydrogens is 829 g/mol. The molecule has 1 aliphatic heterocycles. The number of aromatic amines is 1. The van der Waals surface area contributed by atoms with Crippen LogP contribution >= 0.6 is 22.7 Å². The molecule has 4 aliphatic rings. The quantitative estimate of drug-likeness (QED) is 0.122. The number of aryl methyl sites for hydroxylation is 5. The number of carbonyl (C=O) groups is 2. The topological polar surface area (TPSA) is 164 Å². The van der Waals surface area contributed by atoms with E-state index in [2.05, 4.69) is 66.4 Å². The number of anilines is 2. The summed E-state index contributed by atoms with van der Waals surface area (Å²) >= 11 is 2.98. The van der Waals surface area contributed by atoms with Crippen molar-refractivity contribution in [1.82, 2.24) is 49.4 Å². The van der Waals surface area contributed by atoms with E-state index in [0.717, 1.165) is 154 Å². The Kier molecular flexibility index (Phi) is 10.4. The van der Waals surface area contributed by atoms with Gasteiger partial charge in [0.1, 0.15) is 11.5 Å². The van der Waals surface area contributed by atoms with E-state index >= 15 is 0 Å². The number of pyridine rings is 1. The number of piperidine rings is 1. The lowest BCUT2D eigenvalue weighted by Gasteiger charge is -2.32. The predicted molar refractivity (Wildman–Crippen MR) is 246 cm³/mol.